The van der Waals surface area contributed by atoms with Gasteiger partial charge in [-0.2, -0.15) is 18.4 Å². The summed E-state index contributed by atoms with van der Waals surface area (Å²) in [7, 11) is 0. The molecule has 2 atom stereocenters. The second-order valence-corrected chi connectivity index (χ2v) is 9.02. The number of halogens is 3. The van der Waals surface area contributed by atoms with E-state index < -0.39 is 29.1 Å². The average molecular weight is 457 g/mol. The number of nitrogens with zero attached hydrogens (tertiary/aromatic N) is 3. The molecule has 0 spiro atoms. The Bertz CT molecular complexity index is 1030. The van der Waals surface area contributed by atoms with Crippen LogP contribution >= 0.6 is 0 Å². The molecule has 5 nitrogen and oxygen atoms in total. The summed E-state index contributed by atoms with van der Waals surface area (Å²) in [6, 6.07) is 15.6. The molecule has 0 radical (unpaired) electrons. The Hall–Kier alpha value is -3.05. The number of primary amides is 1. The van der Waals surface area contributed by atoms with Crippen molar-refractivity contribution in [3.8, 4) is 6.07 Å². The van der Waals surface area contributed by atoms with Crippen LogP contribution < -0.4 is 10.6 Å². The quantitative estimate of drug-likeness (QED) is 0.738. The van der Waals surface area contributed by atoms with Crippen LogP contribution in [-0.2, 0) is 17.5 Å². The van der Waals surface area contributed by atoms with Crippen LogP contribution in [0.15, 0.2) is 48.5 Å². The molecule has 0 saturated carbocycles. The van der Waals surface area contributed by atoms with Crippen LogP contribution in [0.5, 0.6) is 0 Å². The molecule has 2 aliphatic heterocycles. The third kappa shape index (κ3) is 5.14. The van der Waals surface area contributed by atoms with E-state index in [9.17, 15) is 18.0 Å². The average Bonchev–Trinajstić information content (AvgIpc) is 3.25. The first-order chi connectivity index (χ1) is 15.8. The smallest absolute Gasteiger partial charge is 0.370 e. The minimum Gasteiger partial charge on any atom is -0.370 e. The second kappa shape index (κ2) is 9.44. The Labute approximate surface area is 191 Å². The molecular formula is C25H27F3N4O. The monoisotopic (exact) mass is 456 g/mol. The first-order valence-corrected chi connectivity index (χ1v) is 11.2. The number of carbonyl (C=O) groups excluding carboxylic acids is 1. The maximum Gasteiger partial charge on any atom is 0.417 e. The van der Waals surface area contributed by atoms with Gasteiger partial charge in [0.15, 0.2) is 0 Å². The number of nitriles is 1. The largest absolute Gasteiger partial charge is 0.417 e. The fraction of sp³-hybridized carbons (Fsp3) is 0.440. The van der Waals surface area contributed by atoms with Crippen LogP contribution in [0.3, 0.4) is 0 Å². The highest BCUT2D eigenvalue weighted by molar-refractivity contribution is 5.79. The van der Waals surface area contributed by atoms with Gasteiger partial charge in [-0.05, 0) is 61.5 Å². The van der Waals surface area contributed by atoms with Crippen molar-refractivity contribution in [2.45, 2.75) is 25.6 Å². The lowest BCUT2D eigenvalue weighted by Gasteiger charge is -2.36. The SMILES string of the molecule is N#Cc1ccc(N2C[C@@H](C(N)=O)[C@H](C3CCN(Cc4ccccc4)CC3)C2)cc1C(F)(F)F. The third-order valence-corrected chi connectivity index (χ3v) is 7.01. The Balaban J connectivity index is 1.46. The molecule has 0 aliphatic carbocycles. The second-order valence-electron chi connectivity index (χ2n) is 9.02. The van der Waals surface area contributed by atoms with E-state index in [4.69, 9.17) is 11.0 Å². The van der Waals surface area contributed by atoms with Crippen molar-refractivity contribution in [2.75, 3.05) is 31.1 Å². The van der Waals surface area contributed by atoms with Gasteiger partial charge in [0.25, 0.3) is 0 Å². The van der Waals surface area contributed by atoms with Gasteiger partial charge in [-0.3, -0.25) is 9.69 Å². The van der Waals surface area contributed by atoms with E-state index in [-0.39, 0.29) is 5.92 Å². The first-order valence-electron chi connectivity index (χ1n) is 11.2. The third-order valence-electron chi connectivity index (χ3n) is 7.01. The summed E-state index contributed by atoms with van der Waals surface area (Å²) >= 11 is 0. The Morgan fingerprint density at radius 1 is 1.09 bits per heavy atom. The fourth-order valence-corrected chi connectivity index (χ4v) is 5.26. The minimum atomic E-state index is -4.62. The molecule has 2 N–H and O–H groups in total. The number of anilines is 1. The highest BCUT2D eigenvalue weighted by atomic mass is 19.4. The first kappa shape index (κ1) is 23.1. The molecular weight excluding hydrogens is 429 g/mol. The zero-order chi connectivity index (χ0) is 23.6. The van der Waals surface area contributed by atoms with Crippen molar-refractivity contribution in [3.63, 3.8) is 0 Å². The van der Waals surface area contributed by atoms with Crippen molar-refractivity contribution in [1.82, 2.24) is 4.90 Å². The van der Waals surface area contributed by atoms with Crippen molar-refractivity contribution >= 4 is 11.6 Å². The van der Waals surface area contributed by atoms with Gasteiger partial charge in [-0.15, -0.1) is 0 Å². The molecule has 0 aromatic heterocycles. The number of hydrogen-bond donors (Lipinski definition) is 1. The number of nitrogens with two attached hydrogens (primary N) is 1. The van der Waals surface area contributed by atoms with E-state index in [0.29, 0.717) is 24.7 Å². The Morgan fingerprint density at radius 2 is 1.79 bits per heavy atom. The molecule has 2 fully saturated rings. The van der Waals surface area contributed by atoms with Gasteiger partial charge in [-0.1, -0.05) is 30.3 Å². The summed E-state index contributed by atoms with van der Waals surface area (Å²) in [6.45, 7) is 3.50. The van der Waals surface area contributed by atoms with Gasteiger partial charge in [0.2, 0.25) is 5.91 Å². The van der Waals surface area contributed by atoms with Gasteiger partial charge in [0.1, 0.15) is 0 Å². The maximum atomic E-state index is 13.4. The summed E-state index contributed by atoms with van der Waals surface area (Å²) < 4.78 is 40.3. The van der Waals surface area contributed by atoms with Crippen molar-refractivity contribution in [3.05, 3.63) is 65.2 Å². The standard InChI is InChI=1S/C25H27F3N4O/c26-25(27,28)23-12-20(7-6-19(23)13-29)32-15-21(22(16-32)24(30)33)18-8-10-31(11-9-18)14-17-4-2-1-3-5-17/h1-7,12,18,21-22H,8-11,14-16H2,(H2,30,33)/t21-,22+/m0/s1. The van der Waals surface area contributed by atoms with E-state index in [1.165, 1.54) is 17.7 Å². The summed E-state index contributed by atoms with van der Waals surface area (Å²) in [5.41, 5.74) is 5.99. The van der Waals surface area contributed by atoms with E-state index in [2.05, 4.69) is 17.0 Å². The summed E-state index contributed by atoms with van der Waals surface area (Å²) in [5.74, 6) is -0.508. The molecule has 0 unspecified atom stereocenters. The molecule has 174 valence electrons. The number of carbonyl (C=O) groups is 1. The molecule has 2 saturated heterocycles. The predicted molar refractivity (Wildman–Crippen MR) is 119 cm³/mol. The summed E-state index contributed by atoms with van der Waals surface area (Å²) in [5, 5.41) is 9.05. The molecule has 4 rings (SSSR count). The number of alkyl halides is 3. The van der Waals surface area contributed by atoms with Gasteiger partial charge in [0.05, 0.1) is 23.1 Å². The van der Waals surface area contributed by atoms with Gasteiger partial charge < -0.3 is 10.6 Å². The Kier molecular flexibility index (Phi) is 6.61. The van der Waals surface area contributed by atoms with E-state index in [0.717, 1.165) is 38.5 Å². The number of likely N-dealkylation sites (tertiary alicyclic amines) is 1. The molecule has 1 amide bonds. The van der Waals surface area contributed by atoms with Crippen LogP contribution in [0.2, 0.25) is 0 Å². The highest BCUT2D eigenvalue weighted by Gasteiger charge is 2.42. The summed E-state index contributed by atoms with van der Waals surface area (Å²) in [4.78, 5) is 16.4. The van der Waals surface area contributed by atoms with Crippen molar-refractivity contribution in [2.24, 2.45) is 23.5 Å². The van der Waals surface area contributed by atoms with E-state index in [1.807, 2.05) is 23.1 Å². The Morgan fingerprint density at radius 3 is 2.39 bits per heavy atom. The molecule has 2 aliphatic rings. The van der Waals surface area contributed by atoms with Crippen molar-refractivity contribution < 1.29 is 18.0 Å². The normalized spacial score (nSPS) is 22.3. The molecule has 33 heavy (non-hydrogen) atoms. The molecule has 0 bridgehead atoms. The number of hydrogen-bond acceptors (Lipinski definition) is 4. The molecule has 2 heterocycles. The van der Waals surface area contributed by atoms with Crippen LogP contribution in [0.25, 0.3) is 0 Å². The van der Waals surface area contributed by atoms with Gasteiger partial charge >= 0.3 is 6.18 Å². The minimum absolute atomic E-state index is 0.00588. The molecule has 2 aromatic carbocycles. The summed E-state index contributed by atoms with van der Waals surface area (Å²) in [6.07, 6.45) is -2.76. The predicted octanol–water partition coefficient (Wildman–Crippen LogP) is 4.03. The lowest BCUT2D eigenvalue weighted by Crippen LogP contribution is -2.40. The van der Waals surface area contributed by atoms with Crippen LogP contribution in [0.4, 0.5) is 18.9 Å². The molecule has 2 aromatic rings. The van der Waals surface area contributed by atoms with E-state index in [1.54, 1.807) is 6.07 Å². The van der Waals surface area contributed by atoms with Crippen LogP contribution in [0.1, 0.15) is 29.5 Å². The maximum absolute atomic E-state index is 13.4. The van der Waals surface area contributed by atoms with Crippen LogP contribution in [0, 0.1) is 29.1 Å². The topological polar surface area (TPSA) is 73.4 Å². The number of amides is 1. The van der Waals surface area contributed by atoms with E-state index >= 15 is 0 Å². The van der Waals surface area contributed by atoms with Crippen LogP contribution in [-0.4, -0.2) is 37.0 Å². The lowest BCUT2D eigenvalue weighted by atomic mass is 9.78. The lowest BCUT2D eigenvalue weighted by molar-refractivity contribution is -0.137. The zero-order valence-electron chi connectivity index (χ0n) is 18.3. The fourth-order valence-electron chi connectivity index (χ4n) is 5.26. The van der Waals surface area contributed by atoms with Gasteiger partial charge in [-0.25, -0.2) is 0 Å². The van der Waals surface area contributed by atoms with Crippen molar-refractivity contribution in [1.29, 1.82) is 5.26 Å². The number of benzene rings is 2. The molecule has 8 heteroatoms. The van der Waals surface area contributed by atoms with Gasteiger partial charge in [0, 0.05) is 25.3 Å². The zero-order valence-corrected chi connectivity index (χ0v) is 18.3. The number of rotatable bonds is 5. The highest BCUT2D eigenvalue weighted by Crippen LogP contribution is 2.40. The number of piperidine rings is 1.